The summed E-state index contributed by atoms with van der Waals surface area (Å²) in [5, 5.41) is 0. The van der Waals surface area contributed by atoms with E-state index in [1.54, 1.807) is 0 Å². The molecule has 0 bridgehead atoms. The molecule has 2 atom stereocenters. The van der Waals surface area contributed by atoms with Crippen molar-refractivity contribution in [2.45, 2.75) is 72.1 Å². The summed E-state index contributed by atoms with van der Waals surface area (Å²) in [6, 6.07) is 4.22. The van der Waals surface area contributed by atoms with Gasteiger partial charge in [-0.25, -0.2) is 0 Å². The van der Waals surface area contributed by atoms with Crippen LogP contribution >= 0.6 is 0 Å². The number of hydrogen-bond acceptors (Lipinski definition) is 4. The minimum atomic E-state index is -0.137. The Hall–Kier alpha value is -1.94. The van der Waals surface area contributed by atoms with Crippen LogP contribution in [0.2, 0.25) is 0 Å². The van der Waals surface area contributed by atoms with E-state index in [0.29, 0.717) is 23.7 Å². The largest absolute Gasteiger partial charge is 0.430 e. The highest BCUT2D eigenvalue weighted by Crippen LogP contribution is 2.42. The van der Waals surface area contributed by atoms with Crippen LogP contribution in [0.1, 0.15) is 73.6 Å². The van der Waals surface area contributed by atoms with Crippen LogP contribution in [0, 0.1) is 38.5 Å². The zero-order valence-electron chi connectivity index (χ0n) is 18.6. The summed E-state index contributed by atoms with van der Waals surface area (Å²) in [4.78, 5) is 26.5. The maximum absolute atomic E-state index is 13.6. The molecule has 1 aromatic carbocycles. The first kappa shape index (κ1) is 21.3. The number of allylic oxidation sites excluding steroid dienone is 2. The Morgan fingerprint density at radius 1 is 1.07 bits per heavy atom. The van der Waals surface area contributed by atoms with E-state index in [1.165, 1.54) is 12.0 Å². The van der Waals surface area contributed by atoms with Gasteiger partial charge >= 0.3 is 5.97 Å². The second kappa shape index (κ2) is 9.05. The first-order valence-corrected chi connectivity index (χ1v) is 11.6. The lowest BCUT2D eigenvalue weighted by Gasteiger charge is -2.21. The normalized spacial score (nSPS) is 25.2. The van der Waals surface area contributed by atoms with Gasteiger partial charge in [-0.15, -0.1) is 0 Å². The van der Waals surface area contributed by atoms with Gasteiger partial charge in [0.25, 0.3) is 0 Å². The third-order valence-electron chi connectivity index (χ3n) is 7.06. The van der Waals surface area contributed by atoms with E-state index in [0.717, 1.165) is 68.4 Å². The number of ketones is 1. The fraction of sp³-hybridized carbons (Fsp3) is 0.615. The van der Waals surface area contributed by atoms with Gasteiger partial charge in [0.2, 0.25) is 0 Å². The van der Waals surface area contributed by atoms with Crippen LogP contribution in [0.15, 0.2) is 17.9 Å². The van der Waals surface area contributed by atoms with E-state index in [1.807, 2.05) is 13.8 Å². The van der Waals surface area contributed by atoms with Crippen molar-refractivity contribution in [2.75, 3.05) is 13.2 Å². The Balaban J connectivity index is 1.64. The number of esters is 1. The van der Waals surface area contributed by atoms with Crippen LogP contribution in [-0.4, -0.2) is 25.0 Å². The summed E-state index contributed by atoms with van der Waals surface area (Å²) in [6.07, 6.45) is 7.55. The van der Waals surface area contributed by atoms with Crippen molar-refractivity contribution in [1.82, 2.24) is 0 Å². The summed E-state index contributed by atoms with van der Waals surface area (Å²) in [7, 11) is 0. The molecule has 0 N–H and O–H groups in total. The number of benzene rings is 1. The fourth-order valence-electron chi connectivity index (χ4n) is 5.59. The van der Waals surface area contributed by atoms with E-state index in [-0.39, 0.29) is 23.6 Å². The highest BCUT2D eigenvalue weighted by Gasteiger charge is 2.39. The van der Waals surface area contributed by atoms with Crippen molar-refractivity contribution in [3.63, 3.8) is 0 Å². The van der Waals surface area contributed by atoms with Crippen LogP contribution in [0.4, 0.5) is 0 Å². The predicted molar refractivity (Wildman–Crippen MR) is 117 cm³/mol. The van der Waals surface area contributed by atoms with Gasteiger partial charge in [-0.05, 0) is 69.1 Å². The first-order valence-electron chi connectivity index (χ1n) is 11.6. The Kier molecular flexibility index (Phi) is 6.43. The van der Waals surface area contributed by atoms with Crippen molar-refractivity contribution in [3.05, 3.63) is 40.1 Å². The number of carbonyl (C=O) groups is 2. The van der Waals surface area contributed by atoms with Crippen LogP contribution in [-0.2, 0) is 19.1 Å². The van der Waals surface area contributed by atoms with Crippen LogP contribution < -0.4 is 0 Å². The van der Waals surface area contributed by atoms with Gasteiger partial charge in [0.05, 0.1) is 11.5 Å². The summed E-state index contributed by atoms with van der Waals surface area (Å²) in [6.45, 7) is 7.69. The van der Waals surface area contributed by atoms with Gasteiger partial charge < -0.3 is 9.47 Å². The van der Waals surface area contributed by atoms with E-state index in [9.17, 15) is 9.59 Å². The second-order valence-corrected chi connectivity index (χ2v) is 9.56. The molecular formula is C26H34O4. The molecule has 2 unspecified atom stereocenters. The molecule has 30 heavy (non-hydrogen) atoms. The number of Topliss-reactive ketones (excluding diaryl/α,β-unsaturated/α-hetero) is 1. The number of hydrogen-bond donors (Lipinski definition) is 0. The molecule has 3 aliphatic rings. The quantitative estimate of drug-likeness (QED) is 0.605. The Morgan fingerprint density at radius 2 is 1.77 bits per heavy atom. The topological polar surface area (TPSA) is 52.6 Å². The molecule has 4 heteroatoms. The molecule has 0 radical (unpaired) electrons. The van der Waals surface area contributed by atoms with Crippen molar-refractivity contribution in [2.24, 2.45) is 17.8 Å². The molecule has 2 fully saturated rings. The molecular weight excluding hydrogens is 376 g/mol. The van der Waals surface area contributed by atoms with E-state index < -0.39 is 0 Å². The van der Waals surface area contributed by atoms with Gasteiger partial charge in [-0.3, -0.25) is 9.59 Å². The lowest BCUT2D eigenvalue weighted by Crippen LogP contribution is -2.20. The molecule has 162 valence electrons. The van der Waals surface area contributed by atoms with Gasteiger partial charge in [-0.2, -0.15) is 0 Å². The average Bonchev–Trinajstić information content (AvgIpc) is 3.32. The Labute approximate surface area is 180 Å². The molecule has 1 saturated heterocycles. The first-order chi connectivity index (χ1) is 14.4. The Morgan fingerprint density at radius 3 is 2.40 bits per heavy atom. The molecule has 1 heterocycles. The maximum atomic E-state index is 13.6. The molecule has 2 aliphatic carbocycles. The molecule has 4 rings (SSSR count). The van der Waals surface area contributed by atoms with E-state index in [4.69, 9.17) is 9.47 Å². The number of carbonyl (C=O) groups excluding carboxylic acids is 2. The average molecular weight is 411 g/mol. The summed E-state index contributed by atoms with van der Waals surface area (Å²) >= 11 is 0. The van der Waals surface area contributed by atoms with Gasteiger partial charge in [0.15, 0.2) is 5.78 Å². The van der Waals surface area contributed by atoms with Gasteiger partial charge in [0, 0.05) is 25.6 Å². The fourth-order valence-corrected chi connectivity index (χ4v) is 5.59. The van der Waals surface area contributed by atoms with Crippen molar-refractivity contribution in [3.8, 4) is 0 Å². The lowest BCUT2D eigenvalue weighted by molar-refractivity contribution is -0.145. The van der Waals surface area contributed by atoms with Gasteiger partial charge in [-0.1, -0.05) is 37.0 Å². The molecule has 4 nitrogen and oxygen atoms in total. The van der Waals surface area contributed by atoms with Crippen LogP contribution in [0.25, 0.3) is 5.57 Å². The van der Waals surface area contributed by atoms with Crippen molar-refractivity contribution < 1.29 is 19.1 Å². The zero-order valence-corrected chi connectivity index (χ0v) is 18.6. The lowest BCUT2D eigenvalue weighted by atomic mass is 9.87. The zero-order chi connectivity index (χ0) is 21.3. The van der Waals surface area contributed by atoms with Crippen molar-refractivity contribution in [1.29, 1.82) is 0 Å². The number of aryl methyl sites for hydroxylation is 3. The van der Waals surface area contributed by atoms with Crippen LogP contribution in [0.5, 0.6) is 0 Å². The molecule has 0 spiro atoms. The van der Waals surface area contributed by atoms with Crippen LogP contribution in [0.3, 0.4) is 0 Å². The number of ether oxygens (including phenoxy) is 2. The standard InChI is InChI=1S/C26H34O4/c1-16-11-17(2)23(18(3)12-16)24-22(30-26(28)20-7-5-4-6-8-20)14-21(25(24)27)13-19-9-10-29-15-19/h11-12,19-21H,4-10,13-15H2,1-3H3. The highest BCUT2D eigenvalue weighted by atomic mass is 16.5. The van der Waals surface area contributed by atoms with E-state index >= 15 is 0 Å². The smallest absolute Gasteiger partial charge is 0.314 e. The van der Waals surface area contributed by atoms with Gasteiger partial charge in [0.1, 0.15) is 5.76 Å². The van der Waals surface area contributed by atoms with E-state index in [2.05, 4.69) is 19.1 Å². The minimum Gasteiger partial charge on any atom is -0.430 e. The van der Waals surface area contributed by atoms with Crippen molar-refractivity contribution >= 4 is 17.3 Å². The minimum absolute atomic E-state index is 0.0231. The summed E-state index contributed by atoms with van der Waals surface area (Å²) in [5.41, 5.74) is 4.94. The monoisotopic (exact) mass is 410 g/mol. The summed E-state index contributed by atoms with van der Waals surface area (Å²) < 4.78 is 11.5. The summed E-state index contributed by atoms with van der Waals surface area (Å²) in [5.74, 6) is 0.903. The third kappa shape index (κ3) is 4.39. The predicted octanol–water partition coefficient (Wildman–Crippen LogP) is 5.46. The molecule has 0 aromatic heterocycles. The molecule has 1 saturated carbocycles. The SMILES string of the molecule is Cc1cc(C)c(C2=C(OC(=O)C3CCCCC3)CC(CC3CCOC3)C2=O)c(C)c1. The second-order valence-electron chi connectivity index (χ2n) is 9.56. The maximum Gasteiger partial charge on any atom is 0.314 e. The number of rotatable bonds is 5. The molecule has 1 aliphatic heterocycles. The third-order valence-corrected chi connectivity index (χ3v) is 7.06. The molecule has 1 aromatic rings. The highest BCUT2D eigenvalue weighted by molar-refractivity contribution is 6.25. The Bertz CT molecular complexity index is 831. The molecule has 0 amide bonds.